The fraction of sp³-hybridized carbons (Fsp3) is 0.538. The van der Waals surface area contributed by atoms with Crippen LogP contribution in [-0.4, -0.2) is 18.4 Å². The van der Waals surface area contributed by atoms with Gasteiger partial charge in [0.25, 0.3) is 0 Å². The van der Waals surface area contributed by atoms with Gasteiger partial charge in [0, 0.05) is 23.3 Å². The molecular formula is C13H17NOS. The molecule has 0 saturated carbocycles. The van der Waals surface area contributed by atoms with Gasteiger partial charge < -0.3 is 4.74 Å². The molecule has 86 valence electrons. The van der Waals surface area contributed by atoms with E-state index < -0.39 is 0 Å². The predicted octanol–water partition coefficient (Wildman–Crippen LogP) is 2.59. The first-order chi connectivity index (χ1) is 7.72. The topological polar surface area (TPSA) is 21.3 Å². The van der Waals surface area contributed by atoms with Gasteiger partial charge in [-0.25, -0.2) is 0 Å². The van der Waals surface area contributed by atoms with E-state index in [9.17, 15) is 0 Å². The van der Waals surface area contributed by atoms with E-state index in [1.807, 2.05) is 17.8 Å². The van der Waals surface area contributed by atoms with E-state index in [0.717, 1.165) is 12.4 Å². The predicted molar refractivity (Wildman–Crippen MR) is 67.8 cm³/mol. The number of benzene rings is 1. The lowest BCUT2D eigenvalue weighted by Crippen LogP contribution is -2.47. The lowest BCUT2D eigenvalue weighted by Gasteiger charge is -2.40. The van der Waals surface area contributed by atoms with Crippen molar-refractivity contribution in [2.24, 2.45) is 5.92 Å². The van der Waals surface area contributed by atoms with Gasteiger partial charge in [0.05, 0.1) is 11.5 Å². The summed E-state index contributed by atoms with van der Waals surface area (Å²) < 4.78 is 5.80. The Kier molecular flexibility index (Phi) is 2.41. The van der Waals surface area contributed by atoms with Gasteiger partial charge in [-0.15, -0.1) is 11.8 Å². The van der Waals surface area contributed by atoms with Crippen LogP contribution in [0, 0.1) is 5.92 Å². The number of ether oxygens (including phenoxy) is 1. The van der Waals surface area contributed by atoms with Crippen LogP contribution in [0.15, 0.2) is 24.3 Å². The largest absolute Gasteiger partial charge is 0.493 e. The van der Waals surface area contributed by atoms with E-state index >= 15 is 0 Å². The van der Waals surface area contributed by atoms with Crippen LogP contribution in [0.5, 0.6) is 5.75 Å². The third-order valence-electron chi connectivity index (χ3n) is 3.49. The fourth-order valence-electron chi connectivity index (χ4n) is 2.64. The summed E-state index contributed by atoms with van der Waals surface area (Å²) in [6.07, 6.45) is 0. The van der Waals surface area contributed by atoms with Gasteiger partial charge in [-0.2, -0.15) is 0 Å². The summed E-state index contributed by atoms with van der Waals surface area (Å²) in [5.74, 6) is 2.74. The van der Waals surface area contributed by atoms with Crippen LogP contribution < -0.4 is 10.1 Å². The second-order valence-corrected chi connectivity index (χ2v) is 6.07. The summed E-state index contributed by atoms with van der Waals surface area (Å²) in [5.41, 5.74) is 1.32. The molecule has 1 aromatic carbocycles. The SMILES string of the molecule is CC1CSC2(N1)c1ccccc1OCC2C. The molecule has 16 heavy (non-hydrogen) atoms. The van der Waals surface area contributed by atoms with E-state index in [-0.39, 0.29) is 4.87 Å². The van der Waals surface area contributed by atoms with Gasteiger partial charge in [-0.05, 0) is 13.0 Å². The van der Waals surface area contributed by atoms with Gasteiger partial charge in [-0.3, -0.25) is 5.32 Å². The van der Waals surface area contributed by atoms with Crippen molar-refractivity contribution in [2.45, 2.75) is 24.8 Å². The van der Waals surface area contributed by atoms with Crippen molar-refractivity contribution < 1.29 is 4.74 Å². The number of hydrogen-bond acceptors (Lipinski definition) is 3. The maximum atomic E-state index is 5.80. The summed E-state index contributed by atoms with van der Waals surface area (Å²) in [6, 6.07) is 9.01. The molecule has 3 unspecified atom stereocenters. The number of thioether (sulfide) groups is 1. The average molecular weight is 235 g/mol. The summed E-state index contributed by atoms with van der Waals surface area (Å²) in [7, 11) is 0. The van der Waals surface area contributed by atoms with E-state index in [0.29, 0.717) is 12.0 Å². The maximum absolute atomic E-state index is 5.80. The second-order valence-electron chi connectivity index (χ2n) is 4.80. The Morgan fingerprint density at radius 2 is 2.19 bits per heavy atom. The lowest BCUT2D eigenvalue weighted by molar-refractivity contribution is 0.171. The summed E-state index contributed by atoms with van der Waals surface area (Å²) in [5, 5.41) is 3.76. The third-order valence-corrected chi connectivity index (χ3v) is 5.35. The van der Waals surface area contributed by atoms with Crippen molar-refractivity contribution in [3.8, 4) is 5.75 Å². The van der Waals surface area contributed by atoms with Crippen LogP contribution in [0.3, 0.4) is 0 Å². The smallest absolute Gasteiger partial charge is 0.125 e. The average Bonchev–Trinajstić information content (AvgIpc) is 2.68. The molecule has 0 radical (unpaired) electrons. The molecular weight excluding hydrogens is 218 g/mol. The van der Waals surface area contributed by atoms with E-state index in [1.54, 1.807) is 0 Å². The van der Waals surface area contributed by atoms with Crippen molar-refractivity contribution >= 4 is 11.8 Å². The number of nitrogens with one attached hydrogen (secondary N) is 1. The van der Waals surface area contributed by atoms with Gasteiger partial charge in [-0.1, -0.05) is 25.1 Å². The molecule has 1 aromatic rings. The van der Waals surface area contributed by atoms with Crippen LogP contribution >= 0.6 is 11.8 Å². The molecule has 2 aliphatic heterocycles. The maximum Gasteiger partial charge on any atom is 0.125 e. The zero-order valence-corrected chi connectivity index (χ0v) is 10.5. The Morgan fingerprint density at radius 1 is 1.38 bits per heavy atom. The minimum Gasteiger partial charge on any atom is -0.493 e. The Morgan fingerprint density at radius 3 is 2.94 bits per heavy atom. The Labute approximate surface area is 101 Å². The number of hydrogen-bond donors (Lipinski definition) is 1. The van der Waals surface area contributed by atoms with Gasteiger partial charge in [0.15, 0.2) is 0 Å². The highest BCUT2D eigenvalue weighted by molar-refractivity contribution is 8.00. The Bertz CT molecular complexity index is 409. The molecule has 0 aromatic heterocycles. The standard InChI is InChI=1S/C13H17NOS/c1-9-7-15-12-6-4-3-5-11(12)13(9)14-10(2)8-16-13/h3-6,9-10,14H,7-8H2,1-2H3. The van der Waals surface area contributed by atoms with Gasteiger partial charge in [0.2, 0.25) is 0 Å². The van der Waals surface area contributed by atoms with Crippen molar-refractivity contribution in [3.05, 3.63) is 29.8 Å². The first kappa shape index (κ1) is 10.5. The normalized spacial score (nSPS) is 37.1. The van der Waals surface area contributed by atoms with Crippen molar-refractivity contribution in [2.75, 3.05) is 12.4 Å². The molecule has 3 rings (SSSR count). The van der Waals surface area contributed by atoms with Gasteiger partial charge >= 0.3 is 0 Å². The van der Waals surface area contributed by atoms with Crippen LogP contribution in [-0.2, 0) is 4.87 Å². The van der Waals surface area contributed by atoms with Crippen LogP contribution in [0.1, 0.15) is 19.4 Å². The molecule has 1 fully saturated rings. The Balaban J connectivity index is 2.10. The zero-order valence-electron chi connectivity index (χ0n) is 9.69. The first-order valence-corrected chi connectivity index (χ1v) is 6.85. The second kappa shape index (κ2) is 3.67. The number of rotatable bonds is 0. The van der Waals surface area contributed by atoms with E-state index in [4.69, 9.17) is 4.74 Å². The molecule has 2 aliphatic rings. The molecule has 1 saturated heterocycles. The van der Waals surface area contributed by atoms with Gasteiger partial charge in [0.1, 0.15) is 5.75 Å². The first-order valence-electron chi connectivity index (χ1n) is 5.86. The number of fused-ring (bicyclic) bond motifs is 2. The summed E-state index contributed by atoms with van der Waals surface area (Å²) in [4.78, 5) is 0.0776. The van der Waals surface area contributed by atoms with E-state index in [2.05, 4.69) is 37.4 Å². The molecule has 0 aliphatic carbocycles. The molecule has 1 N–H and O–H groups in total. The highest BCUT2D eigenvalue weighted by Crippen LogP contribution is 2.50. The highest BCUT2D eigenvalue weighted by Gasteiger charge is 2.47. The quantitative estimate of drug-likeness (QED) is 0.747. The monoisotopic (exact) mass is 235 g/mol. The Hall–Kier alpha value is -0.670. The van der Waals surface area contributed by atoms with Crippen LogP contribution in [0.2, 0.25) is 0 Å². The molecule has 3 heteroatoms. The summed E-state index contributed by atoms with van der Waals surface area (Å²) >= 11 is 2.03. The lowest BCUT2D eigenvalue weighted by atomic mass is 9.90. The minimum absolute atomic E-state index is 0.0776. The van der Waals surface area contributed by atoms with Crippen molar-refractivity contribution in [1.29, 1.82) is 0 Å². The van der Waals surface area contributed by atoms with E-state index in [1.165, 1.54) is 11.3 Å². The van der Waals surface area contributed by atoms with Crippen molar-refractivity contribution in [1.82, 2.24) is 5.32 Å². The number of para-hydroxylation sites is 1. The molecule has 3 atom stereocenters. The van der Waals surface area contributed by atoms with Crippen LogP contribution in [0.25, 0.3) is 0 Å². The zero-order chi connectivity index (χ0) is 11.2. The summed E-state index contributed by atoms with van der Waals surface area (Å²) in [6.45, 7) is 5.34. The third kappa shape index (κ3) is 1.38. The fourth-order valence-corrected chi connectivity index (χ4v) is 4.20. The molecule has 1 spiro atoms. The molecule has 2 nitrogen and oxygen atoms in total. The molecule has 0 amide bonds. The molecule has 0 bridgehead atoms. The minimum atomic E-state index is 0.0776. The van der Waals surface area contributed by atoms with Crippen LogP contribution in [0.4, 0.5) is 0 Å². The van der Waals surface area contributed by atoms with Crippen molar-refractivity contribution in [3.63, 3.8) is 0 Å². The highest BCUT2D eigenvalue weighted by atomic mass is 32.2. The molecule has 2 heterocycles.